The summed E-state index contributed by atoms with van der Waals surface area (Å²) in [6, 6.07) is 18.4. The van der Waals surface area contributed by atoms with Crippen LogP contribution >= 0.6 is 0 Å². The van der Waals surface area contributed by atoms with E-state index in [1.807, 2.05) is 0 Å². The van der Waals surface area contributed by atoms with Gasteiger partial charge in [-0.15, -0.1) is 4.79 Å². The van der Waals surface area contributed by atoms with Crippen molar-refractivity contribution in [1.29, 1.82) is 0 Å². The van der Waals surface area contributed by atoms with E-state index in [9.17, 15) is 5.53 Å². The molecule has 2 rings (SSSR count). The molecule has 0 saturated carbocycles. The number of hydrogen-bond acceptors (Lipinski definition) is 0. The van der Waals surface area contributed by atoms with Crippen LogP contribution in [0.1, 0.15) is 256 Å². The molecule has 0 saturated heterocycles. The van der Waals surface area contributed by atoms with Gasteiger partial charge in [-0.1, -0.05) is 242 Å². The first-order valence-corrected chi connectivity index (χ1v) is 25.5. The Hall–Kier alpha value is -2.61. The predicted octanol–water partition coefficient (Wildman–Crippen LogP) is 18.9. The fourth-order valence-electron chi connectivity index (χ4n) is 8.01. The number of unbranched alkanes of at least 4 members (excludes halogenated alkanes) is 25. The predicted molar refractivity (Wildman–Crippen MR) is 269 cm³/mol. The molecule has 0 atom stereocenters. The van der Waals surface area contributed by atoms with Gasteiger partial charge >= 0.3 is 22.4 Å². The van der Waals surface area contributed by atoms with Crippen molar-refractivity contribution in [2.75, 3.05) is 0 Å². The molecule has 0 radical (unpaired) electrons. The number of aryl methyl sites for hydroxylation is 2. The van der Waals surface area contributed by atoms with Gasteiger partial charge in [0.1, 0.15) is 0 Å². The molecular weight excluding hydrogens is 783 g/mol. The summed E-state index contributed by atoms with van der Waals surface area (Å²) in [5.41, 5.74) is 18.3. The molecule has 0 aliphatic rings. The Balaban J connectivity index is 0. The normalized spacial score (nSPS) is 10.7. The molecule has 2 nitrogen and oxygen atoms in total. The second-order valence-corrected chi connectivity index (χ2v) is 16.6. The largest absolute Gasteiger partial charge is 2.00 e. The van der Waals surface area contributed by atoms with Crippen molar-refractivity contribution in [3.8, 4) is 11.8 Å². The molecule has 0 unspecified atom stereocenters. The van der Waals surface area contributed by atoms with E-state index in [0.717, 1.165) is 44.1 Å². The average Bonchev–Trinajstić information content (AvgIpc) is 3.28. The molecule has 0 N–H and O–H groups in total. The Labute approximate surface area is 391 Å². The molecule has 0 aliphatic carbocycles. The topological polar surface area (TPSA) is 36.4 Å². The Morgan fingerprint density at radius 3 is 1.30 bits per heavy atom. The zero-order valence-corrected chi connectivity index (χ0v) is 41.9. The van der Waals surface area contributed by atoms with Gasteiger partial charge in [0.05, 0.1) is 0 Å². The first-order chi connectivity index (χ1) is 29.7. The van der Waals surface area contributed by atoms with Gasteiger partial charge in [0.2, 0.25) is 0 Å². The maximum absolute atomic E-state index is 9.91. The summed E-state index contributed by atoms with van der Waals surface area (Å²) < 4.78 is 0. The molecule has 0 fully saturated rings. The second-order valence-electron chi connectivity index (χ2n) is 16.6. The summed E-state index contributed by atoms with van der Waals surface area (Å²) >= 11 is 0. The van der Waals surface area contributed by atoms with Gasteiger partial charge in [-0.2, -0.15) is 13.8 Å². The molecule has 2 aromatic rings. The first-order valence-electron chi connectivity index (χ1n) is 25.5. The third-order valence-electron chi connectivity index (χ3n) is 11.5. The van der Waals surface area contributed by atoms with Crippen molar-refractivity contribution in [1.82, 2.24) is 0 Å². The summed E-state index contributed by atoms with van der Waals surface area (Å²) in [4.78, 5) is 3.48. The summed E-state index contributed by atoms with van der Waals surface area (Å²) in [5, 5.41) is 0. The minimum Gasteiger partial charge on any atom is -0.348 e. The second kappa shape index (κ2) is 46.9. The van der Waals surface area contributed by atoms with Crippen molar-refractivity contribution in [3.63, 3.8) is 0 Å². The average molecular weight is 878 g/mol. The molecular formula is C58H94N2Ni. The van der Waals surface area contributed by atoms with Crippen LogP contribution in [-0.2, 0) is 29.3 Å². The van der Waals surface area contributed by atoms with Crippen LogP contribution in [0.3, 0.4) is 0 Å². The molecule has 0 heterocycles. The summed E-state index contributed by atoms with van der Waals surface area (Å²) in [6.45, 7) is 19.1. The van der Waals surface area contributed by atoms with Gasteiger partial charge in [0, 0.05) is 6.42 Å². The molecule has 0 amide bonds. The monoisotopic (exact) mass is 877 g/mol. The van der Waals surface area contributed by atoms with Crippen LogP contribution in [0.2, 0.25) is 0 Å². The van der Waals surface area contributed by atoms with Crippen molar-refractivity contribution < 1.29 is 21.3 Å². The number of allylic oxidation sites excluding steroid dienone is 2. The summed E-state index contributed by atoms with van der Waals surface area (Å²) in [5.74, 6) is 9.98. The van der Waals surface area contributed by atoms with E-state index in [1.54, 1.807) is 13.8 Å². The van der Waals surface area contributed by atoms with Gasteiger partial charge in [-0.05, 0) is 78.3 Å². The smallest absolute Gasteiger partial charge is 0.348 e. The van der Waals surface area contributed by atoms with Crippen LogP contribution in [0.4, 0.5) is 0 Å². The van der Waals surface area contributed by atoms with E-state index >= 15 is 0 Å². The van der Waals surface area contributed by atoms with Gasteiger partial charge in [-0.25, -0.2) is 0 Å². The minimum atomic E-state index is 0. The van der Waals surface area contributed by atoms with Gasteiger partial charge in [-0.3, -0.25) is 0 Å². The van der Waals surface area contributed by atoms with E-state index in [1.165, 1.54) is 200 Å². The number of rotatable bonds is 34. The number of nitrogens with zero attached hydrogens (tertiary/aromatic N) is 2. The van der Waals surface area contributed by atoms with E-state index in [-0.39, 0.29) is 16.5 Å². The van der Waals surface area contributed by atoms with Crippen molar-refractivity contribution in [2.24, 2.45) is 0 Å². The Bertz CT molecular complexity index is 1460. The number of hydrogen-bond donors (Lipinski definition) is 0. The minimum absolute atomic E-state index is 0. The SMILES string of the molecule is CCCCCCCCCCCCCCCCCCCCC#CC(=C=[N+]=[N-])C(CCCCCC)=C(c1cccc(CCCC)c1)c1cccc(CCCCCC)c1.[CH2-]C.[CH2-]C.[Ni+2]. The third kappa shape index (κ3) is 31.8. The first kappa shape index (κ1) is 60.5. The standard InChI is InChI=1S/C54H84N2.2C2H5.Ni/c1-5-9-13-16-17-18-19-20-21-22-23-24-25-26-27-28-29-30-31-33-41-52(47-56-55)53(44-34-15-11-7-3)54(50-42-35-39-48(45-50)37-12-8-4)51-43-36-40-49(46-51)38-32-14-10-6-2;2*1-2;/h35-36,39-40,42-43,45-46H,5-32,34,37-38,44H2,1-4H3;2*1H2,2H3;/q;2*-1;+2. The summed E-state index contributed by atoms with van der Waals surface area (Å²) in [7, 11) is 0. The van der Waals surface area contributed by atoms with E-state index in [2.05, 4.69) is 113 Å². The van der Waals surface area contributed by atoms with E-state index < -0.39 is 0 Å². The molecule has 0 aromatic heterocycles. The fraction of sp³-hybridized carbons (Fsp3) is 0.655. The third-order valence-corrected chi connectivity index (χ3v) is 11.5. The van der Waals surface area contributed by atoms with Crippen LogP contribution in [0.5, 0.6) is 0 Å². The Morgan fingerprint density at radius 2 is 0.869 bits per heavy atom. The molecule has 0 bridgehead atoms. The van der Waals surface area contributed by atoms with E-state index in [0.29, 0.717) is 0 Å². The van der Waals surface area contributed by atoms with Crippen LogP contribution in [-0.4, -0.2) is 10.7 Å². The van der Waals surface area contributed by atoms with E-state index in [4.69, 9.17) is 0 Å². The van der Waals surface area contributed by atoms with Gasteiger partial charge < -0.3 is 19.4 Å². The van der Waals surface area contributed by atoms with Crippen molar-refractivity contribution in [2.45, 2.75) is 247 Å². The van der Waals surface area contributed by atoms with Crippen molar-refractivity contribution >= 4 is 11.4 Å². The van der Waals surface area contributed by atoms with Gasteiger partial charge in [0.25, 0.3) is 0 Å². The van der Waals surface area contributed by atoms with Gasteiger partial charge in [0.15, 0.2) is 5.57 Å². The Kier molecular flexibility index (Phi) is 46.5. The molecule has 61 heavy (non-hydrogen) atoms. The maximum atomic E-state index is 9.91. The molecule has 346 valence electrons. The summed E-state index contributed by atoms with van der Waals surface area (Å²) in [6.07, 6.45) is 41.0. The molecule has 0 aliphatic heterocycles. The molecule has 3 heteroatoms. The zero-order valence-electron chi connectivity index (χ0n) is 40.9. The molecule has 0 spiro atoms. The fourth-order valence-corrected chi connectivity index (χ4v) is 8.01. The molecule has 2 aromatic carbocycles. The quantitative estimate of drug-likeness (QED) is 0.00982. The van der Waals surface area contributed by atoms with Crippen LogP contribution in [0.25, 0.3) is 11.1 Å². The van der Waals surface area contributed by atoms with Crippen LogP contribution < -0.4 is 0 Å². The number of benzene rings is 2. The maximum Gasteiger partial charge on any atom is 2.00 e. The zero-order chi connectivity index (χ0) is 44.2. The Morgan fingerprint density at radius 1 is 0.492 bits per heavy atom. The van der Waals surface area contributed by atoms with Crippen LogP contribution in [0, 0.1) is 25.7 Å². The van der Waals surface area contributed by atoms with Crippen LogP contribution in [0.15, 0.2) is 59.7 Å². The van der Waals surface area contributed by atoms with Crippen molar-refractivity contribution in [3.05, 3.63) is 101 Å².